The first-order valence-corrected chi connectivity index (χ1v) is 9.73. The third-order valence-corrected chi connectivity index (χ3v) is 4.95. The van der Waals surface area contributed by atoms with Gasteiger partial charge in [0.05, 0.1) is 11.0 Å². The first kappa shape index (κ1) is 20.1. The lowest BCUT2D eigenvalue weighted by Gasteiger charge is -2.10. The highest BCUT2D eigenvalue weighted by atomic mass is 16.5. The Morgan fingerprint density at radius 2 is 1.94 bits per heavy atom. The molecule has 2 N–H and O–H groups in total. The van der Waals surface area contributed by atoms with Gasteiger partial charge in [0.25, 0.3) is 5.91 Å². The van der Waals surface area contributed by atoms with Gasteiger partial charge in [-0.3, -0.25) is 14.4 Å². The molecule has 2 aromatic heterocycles. The molecule has 0 aliphatic heterocycles. The van der Waals surface area contributed by atoms with Gasteiger partial charge >= 0.3 is 11.1 Å². The molecule has 0 aliphatic rings. The fourth-order valence-corrected chi connectivity index (χ4v) is 3.26. The van der Waals surface area contributed by atoms with Crippen LogP contribution in [0.5, 0.6) is 5.75 Å². The Hall–Kier alpha value is -4.14. The molecule has 0 saturated heterocycles. The van der Waals surface area contributed by atoms with E-state index in [4.69, 9.17) is 4.74 Å². The molecule has 0 unspecified atom stereocenters. The molecule has 0 atom stereocenters. The van der Waals surface area contributed by atoms with Crippen molar-refractivity contribution in [3.05, 3.63) is 87.0 Å². The molecular formula is C22H21N5O4. The van der Waals surface area contributed by atoms with Gasteiger partial charge in [-0.15, -0.1) is 0 Å². The van der Waals surface area contributed by atoms with Crippen molar-refractivity contribution >= 4 is 22.6 Å². The van der Waals surface area contributed by atoms with Crippen LogP contribution < -0.4 is 21.2 Å². The number of H-pyrrole nitrogens is 1. The van der Waals surface area contributed by atoms with E-state index in [9.17, 15) is 14.4 Å². The molecule has 31 heavy (non-hydrogen) atoms. The second-order valence-electron chi connectivity index (χ2n) is 6.96. The second-order valence-corrected chi connectivity index (χ2v) is 6.96. The Balaban J connectivity index is 1.48. The summed E-state index contributed by atoms with van der Waals surface area (Å²) in [4.78, 5) is 43.2. The SMILES string of the molecule is CCn1c(=O)c(=O)[nH]c2cc(C(=O)Nc3ccc(OCc4nccn4C)cc3)ccc21. The van der Waals surface area contributed by atoms with Gasteiger partial charge in [0.1, 0.15) is 18.2 Å². The van der Waals surface area contributed by atoms with E-state index in [0.29, 0.717) is 41.2 Å². The van der Waals surface area contributed by atoms with Crippen molar-refractivity contribution in [3.63, 3.8) is 0 Å². The van der Waals surface area contributed by atoms with E-state index >= 15 is 0 Å². The zero-order valence-electron chi connectivity index (χ0n) is 17.1. The summed E-state index contributed by atoms with van der Waals surface area (Å²) >= 11 is 0. The van der Waals surface area contributed by atoms with Crippen LogP contribution in [0.2, 0.25) is 0 Å². The van der Waals surface area contributed by atoms with Gasteiger partial charge in [-0.05, 0) is 49.4 Å². The van der Waals surface area contributed by atoms with Crippen molar-refractivity contribution in [2.75, 3.05) is 5.32 Å². The molecule has 0 bridgehead atoms. The summed E-state index contributed by atoms with van der Waals surface area (Å²) < 4.78 is 8.96. The molecule has 9 nitrogen and oxygen atoms in total. The molecule has 158 valence electrons. The maximum Gasteiger partial charge on any atom is 0.316 e. The predicted octanol–water partition coefficient (Wildman–Crippen LogP) is 2.27. The third kappa shape index (κ3) is 4.11. The highest BCUT2D eigenvalue weighted by Gasteiger charge is 2.11. The third-order valence-electron chi connectivity index (χ3n) is 4.95. The van der Waals surface area contributed by atoms with E-state index in [-0.39, 0.29) is 5.91 Å². The minimum Gasteiger partial charge on any atom is -0.486 e. The predicted molar refractivity (Wildman–Crippen MR) is 116 cm³/mol. The molecule has 9 heteroatoms. The number of ether oxygens (including phenoxy) is 1. The summed E-state index contributed by atoms with van der Waals surface area (Å²) in [6.07, 6.45) is 3.56. The number of fused-ring (bicyclic) bond motifs is 1. The van der Waals surface area contributed by atoms with E-state index < -0.39 is 11.1 Å². The number of nitrogens with one attached hydrogen (secondary N) is 2. The molecule has 0 fully saturated rings. The van der Waals surface area contributed by atoms with Crippen molar-refractivity contribution in [3.8, 4) is 5.75 Å². The normalized spacial score (nSPS) is 10.9. The molecule has 4 rings (SSSR count). The zero-order chi connectivity index (χ0) is 22.0. The first-order chi connectivity index (χ1) is 15.0. The lowest BCUT2D eigenvalue weighted by Crippen LogP contribution is -2.36. The Morgan fingerprint density at radius 3 is 2.61 bits per heavy atom. The van der Waals surface area contributed by atoms with Gasteiger partial charge in [0.2, 0.25) is 0 Å². The molecule has 0 saturated carbocycles. The topological polar surface area (TPSA) is 111 Å². The smallest absolute Gasteiger partial charge is 0.316 e. The lowest BCUT2D eigenvalue weighted by atomic mass is 10.1. The molecule has 0 aliphatic carbocycles. The standard InChI is InChI=1S/C22H21N5O4/c1-3-27-18-9-4-14(12-17(18)25-21(29)22(27)30)20(28)24-15-5-7-16(8-6-15)31-13-19-23-10-11-26(19)2/h4-12H,3,13H2,1-2H3,(H,24,28)(H,25,29). The number of carbonyl (C=O) groups is 1. The van der Waals surface area contributed by atoms with E-state index in [1.807, 2.05) is 17.8 Å². The molecular weight excluding hydrogens is 398 g/mol. The van der Waals surface area contributed by atoms with Crippen LogP contribution in [-0.4, -0.2) is 25.0 Å². The Bertz CT molecular complexity index is 1370. The van der Waals surface area contributed by atoms with E-state index in [0.717, 1.165) is 5.82 Å². The van der Waals surface area contributed by atoms with Gasteiger partial charge in [0, 0.05) is 37.2 Å². The summed E-state index contributed by atoms with van der Waals surface area (Å²) in [5.74, 6) is 1.13. The molecule has 1 amide bonds. The number of carbonyl (C=O) groups excluding carboxylic acids is 1. The van der Waals surface area contributed by atoms with Crippen LogP contribution in [0.15, 0.2) is 64.4 Å². The summed E-state index contributed by atoms with van der Waals surface area (Å²) in [5, 5.41) is 2.81. The van der Waals surface area contributed by atoms with Gasteiger partial charge in [-0.1, -0.05) is 0 Å². The first-order valence-electron chi connectivity index (χ1n) is 9.73. The van der Waals surface area contributed by atoms with Crippen LogP contribution in [0, 0.1) is 0 Å². The van der Waals surface area contributed by atoms with Crippen LogP contribution >= 0.6 is 0 Å². The fourth-order valence-electron chi connectivity index (χ4n) is 3.26. The van der Waals surface area contributed by atoms with Gasteiger partial charge in [-0.25, -0.2) is 4.98 Å². The second kappa shape index (κ2) is 8.31. The van der Waals surface area contributed by atoms with Crippen LogP contribution in [0.4, 0.5) is 5.69 Å². The van der Waals surface area contributed by atoms with E-state index in [1.165, 1.54) is 4.57 Å². The highest BCUT2D eigenvalue weighted by Crippen LogP contribution is 2.18. The van der Waals surface area contributed by atoms with Gasteiger partial charge < -0.3 is 24.2 Å². The molecule has 2 aromatic carbocycles. The molecule has 0 radical (unpaired) electrons. The largest absolute Gasteiger partial charge is 0.486 e. The maximum absolute atomic E-state index is 12.7. The average molecular weight is 419 g/mol. The minimum atomic E-state index is -0.715. The fraction of sp³-hybridized carbons (Fsp3) is 0.182. The summed E-state index contributed by atoms with van der Waals surface area (Å²) in [5.41, 5.74) is 0.626. The van der Waals surface area contributed by atoms with Gasteiger partial charge in [0.15, 0.2) is 0 Å². The van der Waals surface area contributed by atoms with Crippen LogP contribution in [0.1, 0.15) is 23.1 Å². The molecule has 0 spiro atoms. The quantitative estimate of drug-likeness (QED) is 0.466. The van der Waals surface area contributed by atoms with Crippen molar-refractivity contribution < 1.29 is 9.53 Å². The Kier molecular flexibility index (Phi) is 5.40. The van der Waals surface area contributed by atoms with Crippen molar-refractivity contribution in [1.82, 2.24) is 19.1 Å². The number of nitrogens with zero attached hydrogens (tertiary/aromatic N) is 3. The zero-order valence-corrected chi connectivity index (χ0v) is 17.1. The summed E-state index contributed by atoms with van der Waals surface area (Å²) in [7, 11) is 1.90. The minimum absolute atomic E-state index is 0.335. The average Bonchev–Trinajstić information content (AvgIpc) is 3.18. The Morgan fingerprint density at radius 1 is 1.16 bits per heavy atom. The van der Waals surface area contributed by atoms with Crippen LogP contribution in [0.25, 0.3) is 11.0 Å². The summed E-state index contributed by atoms with van der Waals surface area (Å²) in [6, 6.07) is 11.8. The number of imidazole rings is 1. The number of aryl methyl sites for hydroxylation is 2. The number of aromatic nitrogens is 4. The number of amides is 1. The maximum atomic E-state index is 12.7. The number of hydrogen-bond acceptors (Lipinski definition) is 5. The van der Waals surface area contributed by atoms with Crippen LogP contribution in [0.3, 0.4) is 0 Å². The van der Waals surface area contributed by atoms with Crippen molar-refractivity contribution in [2.45, 2.75) is 20.1 Å². The number of rotatable bonds is 6. The summed E-state index contributed by atoms with van der Waals surface area (Å²) in [6.45, 7) is 2.48. The van der Waals surface area contributed by atoms with Crippen molar-refractivity contribution in [2.24, 2.45) is 7.05 Å². The van der Waals surface area contributed by atoms with Crippen LogP contribution in [-0.2, 0) is 20.2 Å². The number of hydrogen-bond donors (Lipinski definition) is 2. The van der Waals surface area contributed by atoms with Gasteiger partial charge in [-0.2, -0.15) is 0 Å². The highest BCUT2D eigenvalue weighted by molar-refractivity contribution is 6.05. The molecule has 4 aromatic rings. The van der Waals surface area contributed by atoms with E-state index in [1.54, 1.807) is 55.6 Å². The lowest BCUT2D eigenvalue weighted by molar-refractivity contribution is 0.102. The molecule has 2 heterocycles. The number of anilines is 1. The Labute approximate surface area is 176 Å². The monoisotopic (exact) mass is 419 g/mol. The van der Waals surface area contributed by atoms with Crippen molar-refractivity contribution in [1.29, 1.82) is 0 Å². The number of benzene rings is 2. The van der Waals surface area contributed by atoms with E-state index in [2.05, 4.69) is 15.3 Å². The number of aromatic amines is 1.